The number of nitrogens with zero attached hydrogens (tertiary/aromatic N) is 1. The lowest BCUT2D eigenvalue weighted by atomic mass is 10.0. The molecule has 3 rings (SSSR count). The van der Waals surface area contributed by atoms with Crippen LogP contribution in [0.2, 0.25) is 0 Å². The first kappa shape index (κ1) is 13.5. The highest BCUT2D eigenvalue weighted by Crippen LogP contribution is 2.39. The number of halogens is 1. The van der Waals surface area contributed by atoms with E-state index in [9.17, 15) is 4.39 Å². The van der Waals surface area contributed by atoms with Gasteiger partial charge in [-0.15, -0.1) is 0 Å². The SMILES string of the molecule is COc1cc(OC)c2c(-c3ccc(F)cc3)cn(C)c2c1. The Morgan fingerprint density at radius 3 is 2.33 bits per heavy atom. The van der Waals surface area contributed by atoms with Gasteiger partial charge >= 0.3 is 0 Å². The molecular formula is C17H16FNO2. The molecule has 0 unspecified atom stereocenters. The van der Waals surface area contributed by atoms with Crippen LogP contribution in [0.1, 0.15) is 0 Å². The lowest BCUT2D eigenvalue weighted by Crippen LogP contribution is -1.90. The lowest BCUT2D eigenvalue weighted by molar-refractivity contribution is 0.398. The summed E-state index contributed by atoms with van der Waals surface area (Å²) in [7, 11) is 5.23. The van der Waals surface area contributed by atoms with Crippen molar-refractivity contribution in [3.05, 3.63) is 48.4 Å². The van der Waals surface area contributed by atoms with Gasteiger partial charge in [0.15, 0.2) is 0 Å². The van der Waals surface area contributed by atoms with E-state index in [0.717, 1.165) is 33.5 Å². The number of aromatic nitrogens is 1. The van der Waals surface area contributed by atoms with Gasteiger partial charge in [0.05, 0.1) is 19.7 Å². The van der Waals surface area contributed by atoms with Gasteiger partial charge in [0.2, 0.25) is 0 Å². The first-order valence-corrected chi connectivity index (χ1v) is 6.61. The van der Waals surface area contributed by atoms with Crippen LogP contribution in [0.4, 0.5) is 4.39 Å². The summed E-state index contributed by atoms with van der Waals surface area (Å²) in [4.78, 5) is 0. The average Bonchev–Trinajstić information content (AvgIpc) is 2.84. The van der Waals surface area contributed by atoms with Crippen molar-refractivity contribution in [2.24, 2.45) is 7.05 Å². The van der Waals surface area contributed by atoms with Crippen molar-refractivity contribution >= 4 is 10.9 Å². The van der Waals surface area contributed by atoms with E-state index in [0.29, 0.717) is 0 Å². The number of benzene rings is 2. The molecule has 0 N–H and O–H groups in total. The maximum Gasteiger partial charge on any atom is 0.132 e. The minimum atomic E-state index is -0.243. The Kier molecular flexibility index (Phi) is 3.29. The third-order valence-corrected chi connectivity index (χ3v) is 3.64. The summed E-state index contributed by atoms with van der Waals surface area (Å²) in [6.45, 7) is 0. The van der Waals surface area contributed by atoms with Gasteiger partial charge in [-0.3, -0.25) is 0 Å². The number of ether oxygens (including phenoxy) is 2. The van der Waals surface area contributed by atoms with Crippen molar-refractivity contribution in [3.8, 4) is 22.6 Å². The van der Waals surface area contributed by atoms with Gasteiger partial charge < -0.3 is 14.0 Å². The van der Waals surface area contributed by atoms with E-state index in [1.54, 1.807) is 26.4 Å². The van der Waals surface area contributed by atoms with Gasteiger partial charge in [-0.1, -0.05) is 12.1 Å². The van der Waals surface area contributed by atoms with Gasteiger partial charge in [0.1, 0.15) is 17.3 Å². The van der Waals surface area contributed by atoms with E-state index in [4.69, 9.17) is 9.47 Å². The van der Waals surface area contributed by atoms with Crippen LogP contribution < -0.4 is 9.47 Å². The van der Waals surface area contributed by atoms with Gasteiger partial charge in [-0.2, -0.15) is 0 Å². The zero-order valence-corrected chi connectivity index (χ0v) is 12.2. The monoisotopic (exact) mass is 285 g/mol. The van der Waals surface area contributed by atoms with Crippen LogP contribution in [0, 0.1) is 5.82 Å². The minimum Gasteiger partial charge on any atom is -0.497 e. The van der Waals surface area contributed by atoms with Crippen molar-refractivity contribution < 1.29 is 13.9 Å². The molecule has 0 aliphatic rings. The van der Waals surface area contributed by atoms with Crippen molar-refractivity contribution in [3.63, 3.8) is 0 Å². The van der Waals surface area contributed by atoms with Gasteiger partial charge in [0, 0.05) is 36.3 Å². The number of rotatable bonds is 3. The highest BCUT2D eigenvalue weighted by Gasteiger charge is 2.15. The summed E-state index contributed by atoms with van der Waals surface area (Å²) in [5.41, 5.74) is 2.96. The smallest absolute Gasteiger partial charge is 0.132 e. The number of hydrogen-bond donors (Lipinski definition) is 0. The normalized spacial score (nSPS) is 10.9. The maximum absolute atomic E-state index is 13.1. The third kappa shape index (κ3) is 2.23. The molecule has 1 aromatic heterocycles. The second kappa shape index (κ2) is 5.13. The Labute approximate surface area is 122 Å². The molecule has 0 aliphatic carbocycles. The highest BCUT2D eigenvalue weighted by molar-refractivity contribution is 6.01. The predicted octanol–water partition coefficient (Wildman–Crippen LogP) is 4.00. The second-order valence-electron chi connectivity index (χ2n) is 4.88. The highest BCUT2D eigenvalue weighted by atomic mass is 19.1. The Balaban J connectivity index is 2.31. The molecule has 0 saturated carbocycles. The molecule has 108 valence electrons. The Hall–Kier alpha value is -2.49. The summed E-state index contributed by atoms with van der Waals surface area (Å²) in [6, 6.07) is 10.3. The molecular weight excluding hydrogens is 269 g/mol. The van der Waals surface area contributed by atoms with Crippen molar-refractivity contribution in [1.29, 1.82) is 0 Å². The molecule has 2 aromatic carbocycles. The molecule has 3 aromatic rings. The Bertz CT molecular complexity index is 791. The van der Waals surface area contributed by atoms with E-state index in [2.05, 4.69) is 0 Å². The van der Waals surface area contributed by atoms with Crippen LogP contribution in [0.3, 0.4) is 0 Å². The third-order valence-electron chi connectivity index (χ3n) is 3.64. The molecule has 0 atom stereocenters. The Morgan fingerprint density at radius 2 is 1.71 bits per heavy atom. The lowest BCUT2D eigenvalue weighted by Gasteiger charge is -2.08. The summed E-state index contributed by atoms with van der Waals surface area (Å²) in [5.74, 6) is 1.24. The molecule has 0 bridgehead atoms. The van der Waals surface area contributed by atoms with Gasteiger partial charge in [-0.25, -0.2) is 4.39 Å². The zero-order valence-electron chi connectivity index (χ0n) is 12.2. The molecule has 0 saturated heterocycles. The van der Waals surface area contributed by atoms with Crippen LogP contribution in [0.5, 0.6) is 11.5 Å². The number of aryl methyl sites for hydroxylation is 1. The molecule has 0 spiro atoms. The number of hydrogen-bond acceptors (Lipinski definition) is 2. The van der Waals surface area contributed by atoms with E-state index >= 15 is 0 Å². The van der Waals surface area contributed by atoms with Crippen molar-refractivity contribution in [2.75, 3.05) is 14.2 Å². The molecule has 1 heterocycles. The average molecular weight is 285 g/mol. The van der Waals surface area contributed by atoms with E-state index in [1.807, 2.05) is 29.9 Å². The van der Waals surface area contributed by atoms with Crippen LogP contribution in [-0.2, 0) is 7.05 Å². The van der Waals surface area contributed by atoms with E-state index in [1.165, 1.54) is 12.1 Å². The largest absolute Gasteiger partial charge is 0.497 e. The Morgan fingerprint density at radius 1 is 1.00 bits per heavy atom. The summed E-state index contributed by atoms with van der Waals surface area (Å²) >= 11 is 0. The zero-order chi connectivity index (χ0) is 15.0. The fourth-order valence-electron chi connectivity index (χ4n) is 2.58. The predicted molar refractivity (Wildman–Crippen MR) is 81.4 cm³/mol. The summed E-state index contributed by atoms with van der Waals surface area (Å²) < 4.78 is 25.9. The quantitative estimate of drug-likeness (QED) is 0.726. The van der Waals surface area contributed by atoms with Gasteiger partial charge in [-0.05, 0) is 17.7 Å². The standard InChI is InChI=1S/C17H16FNO2/c1-19-10-14(11-4-6-12(18)7-5-11)17-15(19)8-13(20-2)9-16(17)21-3/h4-10H,1-3H3. The maximum atomic E-state index is 13.1. The molecule has 3 nitrogen and oxygen atoms in total. The topological polar surface area (TPSA) is 23.4 Å². The first-order chi connectivity index (χ1) is 10.1. The van der Waals surface area contributed by atoms with Crippen LogP contribution in [-0.4, -0.2) is 18.8 Å². The fraction of sp³-hybridized carbons (Fsp3) is 0.176. The van der Waals surface area contributed by atoms with Crippen LogP contribution >= 0.6 is 0 Å². The van der Waals surface area contributed by atoms with E-state index < -0.39 is 0 Å². The molecule has 0 fully saturated rings. The number of methoxy groups -OCH3 is 2. The van der Waals surface area contributed by atoms with Crippen molar-refractivity contribution in [1.82, 2.24) is 4.57 Å². The molecule has 0 amide bonds. The minimum absolute atomic E-state index is 0.243. The first-order valence-electron chi connectivity index (χ1n) is 6.61. The van der Waals surface area contributed by atoms with Crippen LogP contribution in [0.25, 0.3) is 22.0 Å². The van der Waals surface area contributed by atoms with Crippen LogP contribution in [0.15, 0.2) is 42.6 Å². The molecule has 21 heavy (non-hydrogen) atoms. The van der Waals surface area contributed by atoms with Gasteiger partial charge in [0.25, 0.3) is 0 Å². The molecule has 0 aliphatic heterocycles. The van der Waals surface area contributed by atoms with E-state index in [-0.39, 0.29) is 5.82 Å². The fourth-order valence-corrected chi connectivity index (χ4v) is 2.58. The van der Waals surface area contributed by atoms with Crippen molar-refractivity contribution in [2.45, 2.75) is 0 Å². The summed E-state index contributed by atoms with van der Waals surface area (Å²) in [5, 5.41) is 0.993. The molecule has 4 heteroatoms. The number of fused-ring (bicyclic) bond motifs is 1. The molecule has 0 radical (unpaired) electrons. The summed E-state index contributed by atoms with van der Waals surface area (Å²) in [6.07, 6.45) is 2.01. The second-order valence-corrected chi connectivity index (χ2v) is 4.88.